The van der Waals surface area contributed by atoms with E-state index in [-0.39, 0.29) is 24.3 Å². The van der Waals surface area contributed by atoms with Gasteiger partial charge in [0.15, 0.2) is 5.78 Å². The molecule has 138 valence electrons. The summed E-state index contributed by atoms with van der Waals surface area (Å²) in [7, 11) is 0. The van der Waals surface area contributed by atoms with Crippen LogP contribution < -0.4 is 10.6 Å². The molecule has 0 bridgehead atoms. The molecule has 0 aliphatic rings. The summed E-state index contributed by atoms with van der Waals surface area (Å²) in [6, 6.07) is 19.4. The fourth-order valence-corrected chi connectivity index (χ4v) is 2.99. The maximum absolute atomic E-state index is 12.4. The summed E-state index contributed by atoms with van der Waals surface area (Å²) < 4.78 is 0. The van der Waals surface area contributed by atoms with Gasteiger partial charge in [-0.05, 0) is 30.4 Å². The van der Waals surface area contributed by atoms with Crippen molar-refractivity contribution in [1.82, 2.24) is 10.6 Å². The Balaban J connectivity index is 1.93. The Morgan fingerprint density at radius 1 is 0.923 bits per heavy atom. The van der Waals surface area contributed by atoms with Crippen molar-refractivity contribution in [3.63, 3.8) is 0 Å². The van der Waals surface area contributed by atoms with E-state index in [1.54, 1.807) is 0 Å². The Labute approximate surface area is 156 Å². The molecule has 2 N–H and O–H groups in total. The Kier molecular flexibility index (Phi) is 7.54. The van der Waals surface area contributed by atoms with Crippen LogP contribution in [0.25, 0.3) is 0 Å². The molecule has 0 fully saturated rings. The van der Waals surface area contributed by atoms with Crippen molar-refractivity contribution >= 4 is 11.7 Å². The number of benzene rings is 2. The molecule has 0 heterocycles. The van der Waals surface area contributed by atoms with Gasteiger partial charge >= 0.3 is 0 Å². The van der Waals surface area contributed by atoms with Crippen molar-refractivity contribution < 1.29 is 9.59 Å². The minimum Gasteiger partial charge on any atom is -0.345 e. The van der Waals surface area contributed by atoms with Crippen molar-refractivity contribution in [1.29, 1.82) is 0 Å². The van der Waals surface area contributed by atoms with Crippen LogP contribution in [-0.4, -0.2) is 24.3 Å². The quantitative estimate of drug-likeness (QED) is 0.728. The first-order valence-corrected chi connectivity index (χ1v) is 9.09. The first-order valence-electron chi connectivity index (χ1n) is 9.09. The predicted octanol–water partition coefficient (Wildman–Crippen LogP) is 3.29. The topological polar surface area (TPSA) is 58.2 Å². The van der Waals surface area contributed by atoms with Crippen LogP contribution in [0.4, 0.5) is 0 Å². The highest BCUT2D eigenvalue weighted by molar-refractivity contribution is 5.88. The van der Waals surface area contributed by atoms with Gasteiger partial charge in [-0.3, -0.25) is 9.59 Å². The average Bonchev–Trinajstić information content (AvgIpc) is 2.62. The molecule has 0 aromatic heterocycles. The summed E-state index contributed by atoms with van der Waals surface area (Å²) in [5, 5.41) is 6.18. The van der Waals surface area contributed by atoms with Crippen molar-refractivity contribution in [2.45, 2.75) is 39.3 Å². The highest BCUT2D eigenvalue weighted by atomic mass is 16.2. The van der Waals surface area contributed by atoms with Crippen molar-refractivity contribution in [3.05, 3.63) is 71.8 Å². The normalized spacial score (nSPS) is 13.2. The molecule has 0 spiro atoms. The van der Waals surface area contributed by atoms with Gasteiger partial charge in [-0.1, -0.05) is 74.5 Å². The molecule has 0 unspecified atom stereocenters. The Morgan fingerprint density at radius 3 is 2.04 bits per heavy atom. The van der Waals surface area contributed by atoms with Crippen molar-refractivity contribution in [2.24, 2.45) is 5.92 Å². The van der Waals surface area contributed by atoms with Gasteiger partial charge in [0.05, 0.1) is 12.6 Å². The summed E-state index contributed by atoms with van der Waals surface area (Å²) in [6.07, 6.45) is 0.508. The van der Waals surface area contributed by atoms with E-state index >= 15 is 0 Å². The standard InChI is InChI=1S/C22H28N2O2/c1-16(2)22(19-12-8-5-9-13-19)23-15-21(26)24-20(17(3)25)14-18-10-6-4-7-11-18/h4-13,16,20,22-23H,14-15H2,1-3H3,(H,24,26)/t20-,22+/m1/s1. The maximum Gasteiger partial charge on any atom is 0.234 e. The summed E-state index contributed by atoms with van der Waals surface area (Å²) in [5.41, 5.74) is 2.19. The van der Waals surface area contributed by atoms with Crippen LogP contribution in [0, 0.1) is 5.92 Å². The van der Waals surface area contributed by atoms with E-state index in [4.69, 9.17) is 0 Å². The van der Waals surface area contributed by atoms with Gasteiger partial charge in [0.1, 0.15) is 0 Å². The largest absolute Gasteiger partial charge is 0.345 e. The number of hydrogen-bond donors (Lipinski definition) is 2. The lowest BCUT2D eigenvalue weighted by molar-refractivity contribution is -0.126. The number of nitrogens with one attached hydrogen (secondary N) is 2. The summed E-state index contributed by atoms with van der Waals surface area (Å²) >= 11 is 0. The molecular formula is C22H28N2O2. The molecule has 0 radical (unpaired) electrons. The molecule has 26 heavy (non-hydrogen) atoms. The molecule has 2 rings (SSSR count). The average molecular weight is 352 g/mol. The minimum atomic E-state index is -0.499. The Hall–Kier alpha value is -2.46. The second-order valence-electron chi connectivity index (χ2n) is 6.93. The number of carbonyl (C=O) groups is 2. The lowest BCUT2D eigenvalue weighted by Crippen LogP contribution is -2.45. The predicted molar refractivity (Wildman–Crippen MR) is 105 cm³/mol. The second kappa shape index (κ2) is 9.88. The fourth-order valence-electron chi connectivity index (χ4n) is 2.99. The molecule has 4 nitrogen and oxygen atoms in total. The fraction of sp³-hybridized carbons (Fsp3) is 0.364. The third-order valence-electron chi connectivity index (χ3n) is 4.42. The molecule has 0 aliphatic heterocycles. The van der Waals surface area contributed by atoms with Gasteiger partial charge in [-0.2, -0.15) is 0 Å². The number of rotatable bonds is 9. The zero-order valence-corrected chi connectivity index (χ0v) is 15.7. The van der Waals surface area contributed by atoms with Gasteiger partial charge in [0.25, 0.3) is 0 Å². The Bertz CT molecular complexity index is 699. The number of hydrogen-bond acceptors (Lipinski definition) is 3. The highest BCUT2D eigenvalue weighted by Gasteiger charge is 2.20. The number of carbonyl (C=O) groups excluding carboxylic acids is 2. The van der Waals surface area contributed by atoms with E-state index in [0.717, 1.165) is 11.1 Å². The molecule has 2 aromatic rings. The lowest BCUT2D eigenvalue weighted by atomic mass is 9.96. The minimum absolute atomic E-state index is 0.0364. The SMILES string of the molecule is CC(=O)[C@@H](Cc1ccccc1)NC(=O)CN[C@H](c1ccccc1)C(C)C. The molecule has 0 aliphatic carbocycles. The van der Waals surface area contributed by atoms with E-state index in [1.807, 2.05) is 48.5 Å². The molecule has 2 atom stereocenters. The number of ketones is 1. The third kappa shape index (κ3) is 6.12. The molecule has 1 amide bonds. The Morgan fingerprint density at radius 2 is 1.50 bits per heavy atom. The van der Waals surface area contributed by atoms with Gasteiger partial charge in [0.2, 0.25) is 5.91 Å². The first-order chi connectivity index (χ1) is 12.5. The van der Waals surface area contributed by atoms with Gasteiger partial charge in [0, 0.05) is 6.04 Å². The summed E-state index contributed by atoms with van der Waals surface area (Å²) in [5.74, 6) is 0.145. The van der Waals surface area contributed by atoms with Crippen LogP contribution in [0.5, 0.6) is 0 Å². The summed E-state index contributed by atoms with van der Waals surface area (Å²) in [6.45, 7) is 5.94. The zero-order valence-electron chi connectivity index (χ0n) is 15.7. The molecule has 0 saturated carbocycles. The third-order valence-corrected chi connectivity index (χ3v) is 4.42. The van der Waals surface area contributed by atoms with Gasteiger partial charge in [-0.25, -0.2) is 0 Å². The molecule has 2 aromatic carbocycles. The highest BCUT2D eigenvalue weighted by Crippen LogP contribution is 2.20. The van der Waals surface area contributed by atoms with E-state index < -0.39 is 6.04 Å². The molecule has 4 heteroatoms. The summed E-state index contributed by atoms with van der Waals surface area (Å²) in [4.78, 5) is 24.3. The van der Waals surface area contributed by atoms with Crippen molar-refractivity contribution in [3.8, 4) is 0 Å². The van der Waals surface area contributed by atoms with Crippen LogP contribution in [0.2, 0.25) is 0 Å². The smallest absolute Gasteiger partial charge is 0.234 e. The van der Waals surface area contributed by atoms with E-state index in [2.05, 4.69) is 36.6 Å². The molecule has 0 saturated heterocycles. The maximum atomic E-state index is 12.4. The van der Waals surface area contributed by atoms with Crippen LogP contribution in [0.1, 0.15) is 37.9 Å². The van der Waals surface area contributed by atoms with Crippen LogP contribution in [0.3, 0.4) is 0 Å². The number of Topliss-reactive ketones (excluding diaryl/α,β-unsaturated/α-hetero) is 1. The first kappa shape index (κ1) is 19.9. The van der Waals surface area contributed by atoms with Gasteiger partial charge in [-0.15, -0.1) is 0 Å². The van der Waals surface area contributed by atoms with Crippen LogP contribution >= 0.6 is 0 Å². The zero-order chi connectivity index (χ0) is 18.9. The lowest BCUT2D eigenvalue weighted by Gasteiger charge is -2.23. The van der Waals surface area contributed by atoms with E-state index in [9.17, 15) is 9.59 Å². The monoisotopic (exact) mass is 352 g/mol. The van der Waals surface area contributed by atoms with Crippen LogP contribution in [0.15, 0.2) is 60.7 Å². The second-order valence-corrected chi connectivity index (χ2v) is 6.93. The van der Waals surface area contributed by atoms with Gasteiger partial charge < -0.3 is 10.6 Å². The molecular weight excluding hydrogens is 324 g/mol. The van der Waals surface area contributed by atoms with E-state index in [1.165, 1.54) is 6.92 Å². The van der Waals surface area contributed by atoms with Crippen molar-refractivity contribution in [2.75, 3.05) is 6.54 Å². The number of amides is 1. The van der Waals surface area contributed by atoms with E-state index in [0.29, 0.717) is 12.3 Å². The van der Waals surface area contributed by atoms with Crippen LogP contribution in [-0.2, 0) is 16.0 Å².